The third kappa shape index (κ3) is 3.78. The molecule has 0 aliphatic rings. The van der Waals surface area contributed by atoms with Gasteiger partial charge in [-0.05, 0) is 36.8 Å². The Hall–Kier alpha value is -2.60. The lowest BCUT2D eigenvalue weighted by molar-refractivity contribution is -0.134. The Kier molecular flexibility index (Phi) is 4.43. The molecule has 7 heteroatoms. The van der Waals surface area contributed by atoms with Crippen LogP contribution in [0.5, 0.6) is 5.75 Å². The quantitative estimate of drug-likeness (QED) is 0.522. The molecule has 0 amide bonds. The van der Waals surface area contributed by atoms with Gasteiger partial charge in [-0.3, -0.25) is 4.79 Å². The summed E-state index contributed by atoms with van der Waals surface area (Å²) >= 11 is 5.99. The number of ether oxygens (including phenoxy) is 1. The number of hydrogen-bond donors (Lipinski definition) is 0. The third-order valence-electron chi connectivity index (χ3n) is 3.06. The molecular formula is C16H13ClN2O4. The van der Waals surface area contributed by atoms with Gasteiger partial charge in [0.2, 0.25) is 11.7 Å². The van der Waals surface area contributed by atoms with Crippen LogP contribution < -0.4 is 4.74 Å². The van der Waals surface area contributed by atoms with E-state index < -0.39 is 5.97 Å². The van der Waals surface area contributed by atoms with Crippen molar-refractivity contribution < 1.29 is 18.5 Å². The summed E-state index contributed by atoms with van der Waals surface area (Å²) in [6.45, 7) is 1.89. The average Bonchev–Trinajstić information content (AvgIpc) is 3.19. The highest BCUT2D eigenvalue weighted by molar-refractivity contribution is 6.32. The molecule has 0 saturated carbocycles. The number of furan rings is 1. The minimum atomic E-state index is -0.421. The summed E-state index contributed by atoms with van der Waals surface area (Å²) in [6, 6.07) is 8.69. The maximum Gasteiger partial charge on any atom is 0.311 e. The number of benzene rings is 1. The molecule has 0 N–H and O–H groups in total. The molecule has 1 aromatic carbocycles. The van der Waals surface area contributed by atoms with Crippen molar-refractivity contribution in [2.24, 2.45) is 0 Å². The van der Waals surface area contributed by atoms with E-state index in [1.165, 1.54) is 6.26 Å². The van der Waals surface area contributed by atoms with E-state index >= 15 is 0 Å². The fourth-order valence-corrected chi connectivity index (χ4v) is 2.09. The van der Waals surface area contributed by atoms with Gasteiger partial charge in [-0.1, -0.05) is 22.8 Å². The largest absolute Gasteiger partial charge is 0.461 e. The van der Waals surface area contributed by atoms with Crippen LogP contribution in [0.2, 0.25) is 5.02 Å². The normalized spacial score (nSPS) is 10.7. The Morgan fingerprint density at radius 2 is 2.22 bits per heavy atom. The second-order valence-electron chi connectivity index (χ2n) is 4.90. The van der Waals surface area contributed by atoms with Gasteiger partial charge >= 0.3 is 5.97 Å². The molecule has 118 valence electrons. The van der Waals surface area contributed by atoms with Gasteiger partial charge in [0.15, 0.2) is 5.76 Å². The van der Waals surface area contributed by atoms with E-state index in [2.05, 4.69) is 10.1 Å². The van der Waals surface area contributed by atoms with Crippen molar-refractivity contribution in [1.82, 2.24) is 10.1 Å². The SMILES string of the molecule is Cc1ccc(Cl)c(OC(=O)CCc2nc(-c3ccco3)no2)c1. The predicted molar refractivity (Wildman–Crippen MR) is 82.1 cm³/mol. The molecule has 3 rings (SSSR count). The second kappa shape index (κ2) is 6.66. The first-order valence-corrected chi connectivity index (χ1v) is 7.33. The van der Waals surface area contributed by atoms with Crippen LogP contribution in [-0.4, -0.2) is 16.1 Å². The molecule has 0 atom stereocenters. The number of aryl methyl sites for hydroxylation is 2. The number of aromatic nitrogens is 2. The smallest absolute Gasteiger partial charge is 0.311 e. The zero-order chi connectivity index (χ0) is 16.2. The second-order valence-corrected chi connectivity index (χ2v) is 5.30. The number of hydrogen-bond acceptors (Lipinski definition) is 6. The number of carbonyl (C=O) groups excluding carboxylic acids is 1. The van der Waals surface area contributed by atoms with Crippen LogP contribution >= 0.6 is 11.6 Å². The van der Waals surface area contributed by atoms with Crippen LogP contribution in [0, 0.1) is 6.92 Å². The third-order valence-corrected chi connectivity index (χ3v) is 3.38. The number of nitrogens with zero attached hydrogens (tertiary/aromatic N) is 2. The summed E-state index contributed by atoms with van der Waals surface area (Å²) < 4.78 is 15.5. The van der Waals surface area contributed by atoms with Crippen molar-refractivity contribution in [2.75, 3.05) is 0 Å². The topological polar surface area (TPSA) is 78.4 Å². The van der Waals surface area contributed by atoms with Gasteiger partial charge < -0.3 is 13.7 Å². The lowest BCUT2D eigenvalue weighted by Gasteiger charge is -2.06. The first-order chi connectivity index (χ1) is 11.1. The molecular weight excluding hydrogens is 320 g/mol. The van der Waals surface area contributed by atoms with Gasteiger partial charge in [-0.25, -0.2) is 0 Å². The molecule has 6 nitrogen and oxygen atoms in total. The van der Waals surface area contributed by atoms with Crippen molar-refractivity contribution in [3.63, 3.8) is 0 Å². The summed E-state index contributed by atoms with van der Waals surface area (Å²) in [4.78, 5) is 16.1. The maximum atomic E-state index is 11.9. The Labute approximate surface area is 137 Å². The molecule has 0 spiro atoms. The highest BCUT2D eigenvalue weighted by atomic mass is 35.5. The Morgan fingerprint density at radius 3 is 3.00 bits per heavy atom. The van der Waals surface area contributed by atoms with Crippen molar-refractivity contribution >= 4 is 17.6 Å². The van der Waals surface area contributed by atoms with E-state index in [1.807, 2.05) is 13.0 Å². The van der Waals surface area contributed by atoms with Gasteiger partial charge in [0.1, 0.15) is 5.75 Å². The maximum absolute atomic E-state index is 11.9. The predicted octanol–water partition coefficient (Wildman–Crippen LogP) is 3.83. The average molecular weight is 333 g/mol. The zero-order valence-corrected chi connectivity index (χ0v) is 13.0. The number of carbonyl (C=O) groups is 1. The van der Waals surface area contributed by atoms with Crippen LogP contribution in [0.15, 0.2) is 45.5 Å². The van der Waals surface area contributed by atoms with Crippen LogP contribution in [0.3, 0.4) is 0 Å². The Balaban J connectivity index is 1.58. The van der Waals surface area contributed by atoms with E-state index in [4.69, 9.17) is 25.3 Å². The minimum absolute atomic E-state index is 0.101. The number of rotatable bonds is 5. The van der Waals surface area contributed by atoms with E-state index in [0.717, 1.165) is 5.56 Å². The molecule has 23 heavy (non-hydrogen) atoms. The molecule has 2 heterocycles. The van der Waals surface area contributed by atoms with E-state index in [9.17, 15) is 4.79 Å². The molecule has 0 radical (unpaired) electrons. The van der Waals surface area contributed by atoms with E-state index in [1.54, 1.807) is 24.3 Å². The van der Waals surface area contributed by atoms with Crippen LogP contribution in [0.1, 0.15) is 17.9 Å². The zero-order valence-electron chi connectivity index (χ0n) is 12.3. The van der Waals surface area contributed by atoms with Crippen molar-refractivity contribution in [3.05, 3.63) is 53.1 Å². The summed E-state index contributed by atoms with van der Waals surface area (Å²) in [7, 11) is 0. The van der Waals surface area contributed by atoms with E-state index in [0.29, 0.717) is 28.2 Å². The first-order valence-electron chi connectivity index (χ1n) is 6.95. The monoisotopic (exact) mass is 332 g/mol. The standard InChI is InChI=1S/C16H13ClN2O4/c1-10-4-5-11(17)13(9-10)22-15(20)7-6-14-18-16(19-23-14)12-3-2-8-21-12/h2-5,8-9H,6-7H2,1H3. The van der Waals surface area contributed by atoms with E-state index in [-0.39, 0.29) is 12.8 Å². The number of halogens is 1. The van der Waals surface area contributed by atoms with Gasteiger partial charge in [-0.2, -0.15) is 4.98 Å². The molecule has 3 aromatic rings. The lowest BCUT2D eigenvalue weighted by Crippen LogP contribution is -2.09. The Bertz CT molecular complexity index is 811. The molecule has 0 saturated heterocycles. The fraction of sp³-hybridized carbons (Fsp3) is 0.188. The van der Waals surface area contributed by atoms with Gasteiger partial charge in [-0.15, -0.1) is 0 Å². The van der Waals surface area contributed by atoms with Gasteiger partial charge in [0.05, 0.1) is 17.7 Å². The Morgan fingerprint density at radius 1 is 1.35 bits per heavy atom. The lowest BCUT2D eigenvalue weighted by atomic mass is 10.2. The van der Waals surface area contributed by atoms with Crippen molar-refractivity contribution in [3.8, 4) is 17.3 Å². The van der Waals surface area contributed by atoms with Crippen LogP contribution in [0.25, 0.3) is 11.6 Å². The molecule has 2 aromatic heterocycles. The minimum Gasteiger partial charge on any atom is -0.461 e. The summed E-state index contributed by atoms with van der Waals surface area (Å²) in [6.07, 6.45) is 1.90. The highest BCUT2D eigenvalue weighted by Crippen LogP contribution is 2.25. The van der Waals surface area contributed by atoms with Crippen LogP contribution in [0.4, 0.5) is 0 Å². The fourth-order valence-electron chi connectivity index (χ4n) is 1.93. The summed E-state index contributed by atoms with van der Waals surface area (Å²) in [5.74, 6) is 1.12. The molecule has 0 unspecified atom stereocenters. The van der Waals surface area contributed by atoms with Crippen LogP contribution in [-0.2, 0) is 11.2 Å². The van der Waals surface area contributed by atoms with Gasteiger partial charge in [0.25, 0.3) is 0 Å². The molecule has 0 aliphatic carbocycles. The molecule has 0 aliphatic heterocycles. The molecule has 0 fully saturated rings. The summed E-state index contributed by atoms with van der Waals surface area (Å²) in [5.41, 5.74) is 0.956. The number of esters is 1. The van der Waals surface area contributed by atoms with Gasteiger partial charge in [0, 0.05) is 6.42 Å². The highest BCUT2D eigenvalue weighted by Gasteiger charge is 2.14. The first kappa shape index (κ1) is 15.3. The summed E-state index contributed by atoms with van der Waals surface area (Å²) in [5, 5.41) is 4.18. The van der Waals surface area contributed by atoms with Crippen molar-refractivity contribution in [2.45, 2.75) is 19.8 Å². The molecule has 0 bridgehead atoms. The van der Waals surface area contributed by atoms with Crippen molar-refractivity contribution in [1.29, 1.82) is 0 Å².